The minimum Gasteiger partial charge on any atom is -0.473 e. The largest absolute Gasteiger partial charge is 0.473 e. The second-order valence-corrected chi connectivity index (χ2v) is 5.40. The predicted molar refractivity (Wildman–Crippen MR) is 76.3 cm³/mol. The van der Waals surface area contributed by atoms with E-state index in [0.29, 0.717) is 17.5 Å². The maximum absolute atomic E-state index is 9.78. The average molecular weight is 265 g/mol. The first-order valence-corrected chi connectivity index (χ1v) is 6.91. The van der Waals surface area contributed by atoms with Crippen molar-refractivity contribution in [3.63, 3.8) is 0 Å². The maximum Gasteiger partial charge on any atom is 0.239 e. The van der Waals surface area contributed by atoms with E-state index in [9.17, 15) is 5.11 Å². The van der Waals surface area contributed by atoms with Crippen molar-refractivity contribution in [1.82, 2.24) is 4.98 Å². The van der Waals surface area contributed by atoms with Gasteiger partial charge in [0.25, 0.3) is 0 Å². The topological polar surface area (TPSA) is 80.4 Å². The van der Waals surface area contributed by atoms with Crippen LogP contribution in [0.1, 0.15) is 33.1 Å². The highest BCUT2D eigenvalue weighted by molar-refractivity contribution is 5.53. The lowest BCUT2D eigenvalue weighted by Crippen LogP contribution is -2.22. The number of hydrogen-bond donors (Lipinski definition) is 3. The molecule has 19 heavy (non-hydrogen) atoms. The van der Waals surface area contributed by atoms with Crippen molar-refractivity contribution in [3.8, 4) is 5.88 Å². The van der Waals surface area contributed by atoms with Crippen LogP contribution >= 0.6 is 0 Å². The van der Waals surface area contributed by atoms with Gasteiger partial charge in [0.15, 0.2) is 0 Å². The van der Waals surface area contributed by atoms with E-state index in [1.54, 1.807) is 6.07 Å². The summed E-state index contributed by atoms with van der Waals surface area (Å²) in [7, 11) is 0. The number of nitrogens with zero attached hydrogens (tertiary/aromatic N) is 1. The highest BCUT2D eigenvalue weighted by Gasteiger charge is 2.24. The third-order valence-corrected chi connectivity index (χ3v) is 3.40. The molecule has 1 aromatic heterocycles. The molecule has 1 saturated carbocycles. The van der Waals surface area contributed by atoms with Gasteiger partial charge in [0.1, 0.15) is 5.82 Å². The van der Waals surface area contributed by atoms with E-state index in [0.717, 1.165) is 31.6 Å². The molecule has 2 rings (SSSR count). The first kappa shape index (κ1) is 13.9. The van der Waals surface area contributed by atoms with E-state index in [4.69, 9.17) is 10.5 Å². The van der Waals surface area contributed by atoms with E-state index in [1.165, 1.54) is 0 Å². The van der Waals surface area contributed by atoms with Gasteiger partial charge in [-0.1, -0.05) is 6.42 Å². The molecule has 1 aliphatic carbocycles. The Morgan fingerprint density at radius 2 is 2.26 bits per heavy atom. The first-order chi connectivity index (χ1) is 9.06. The fraction of sp³-hybridized carbons (Fsp3) is 0.643. The summed E-state index contributed by atoms with van der Waals surface area (Å²) >= 11 is 0. The van der Waals surface area contributed by atoms with Crippen LogP contribution in [0.25, 0.3) is 0 Å². The number of ether oxygens (including phenoxy) is 1. The molecule has 0 radical (unpaired) electrons. The Hall–Kier alpha value is -1.49. The minimum atomic E-state index is -0.187. The lowest BCUT2D eigenvalue weighted by Gasteiger charge is -2.17. The molecule has 0 saturated heterocycles. The fourth-order valence-electron chi connectivity index (χ4n) is 2.36. The van der Waals surface area contributed by atoms with Crippen LogP contribution in [-0.2, 0) is 0 Å². The van der Waals surface area contributed by atoms with Crippen LogP contribution in [-0.4, -0.2) is 28.8 Å². The lowest BCUT2D eigenvalue weighted by atomic mass is 10.1. The van der Waals surface area contributed by atoms with Crippen molar-refractivity contribution >= 4 is 11.5 Å². The molecule has 5 heteroatoms. The minimum absolute atomic E-state index is 0.0432. The van der Waals surface area contributed by atoms with Crippen molar-refractivity contribution < 1.29 is 9.84 Å². The summed E-state index contributed by atoms with van der Waals surface area (Å²) < 4.78 is 5.55. The fourth-order valence-corrected chi connectivity index (χ4v) is 2.36. The number of aliphatic hydroxyl groups excluding tert-OH is 1. The van der Waals surface area contributed by atoms with E-state index >= 15 is 0 Å². The Bertz CT molecular complexity index is 423. The third-order valence-electron chi connectivity index (χ3n) is 3.40. The van der Waals surface area contributed by atoms with Crippen LogP contribution in [0, 0.1) is 5.92 Å². The second-order valence-electron chi connectivity index (χ2n) is 5.40. The summed E-state index contributed by atoms with van der Waals surface area (Å²) in [6.45, 7) is 4.62. The van der Waals surface area contributed by atoms with Gasteiger partial charge in [0.05, 0.1) is 17.9 Å². The summed E-state index contributed by atoms with van der Waals surface area (Å²) in [6.07, 6.45) is 2.93. The molecule has 2 unspecified atom stereocenters. The zero-order valence-electron chi connectivity index (χ0n) is 11.6. The molecule has 106 valence electrons. The molecule has 2 atom stereocenters. The molecule has 0 aromatic carbocycles. The highest BCUT2D eigenvalue weighted by Crippen LogP contribution is 2.26. The number of pyridine rings is 1. The van der Waals surface area contributed by atoms with Crippen LogP contribution in [0.2, 0.25) is 0 Å². The summed E-state index contributed by atoms with van der Waals surface area (Å²) in [4.78, 5) is 4.36. The Kier molecular flexibility index (Phi) is 4.47. The Labute approximate surface area is 114 Å². The van der Waals surface area contributed by atoms with Crippen LogP contribution in [0.15, 0.2) is 12.1 Å². The summed E-state index contributed by atoms with van der Waals surface area (Å²) in [5, 5.41) is 13.0. The van der Waals surface area contributed by atoms with Crippen LogP contribution in [0.5, 0.6) is 5.88 Å². The normalized spacial score (nSPS) is 22.7. The monoisotopic (exact) mass is 265 g/mol. The van der Waals surface area contributed by atoms with Gasteiger partial charge in [-0.2, -0.15) is 4.98 Å². The molecule has 5 nitrogen and oxygen atoms in total. The zero-order chi connectivity index (χ0) is 13.8. The van der Waals surface area contributed by atoms with Gasteiger partial charge in [0, 0.05) is 12.5 Å². The van der Waals surface area contributed by atoms with E-state index in [-0.39, 0.29) is 12.2 Å². The molecule has 1 fully saturated rings. The van der Waals surface area contributed by atoms with Gasteiger partial charge in [-0.3, -0.25) is 0 Å². The van der Waals surface area contributed by atoms with Gasteiger partial charge in [0.2, 0.25) is 5.88 Å². The number of rotatable bonds is 5. The number of nitrogen functional groups attached to an aromatic ring is 1. The second kappa shape index (κ2) is 6.10. The zero-order valence-corrected chi connectivity index (χ0v) is 11.6. The maximum atomic E-state index is 9.78. The van der Waals surface area contributed by atoms with Gasteiger partial charge < -0.3 is 20.9 Å². The number of nitrogens with one attached hydrogen (secondary N) is 1. The van der Waals surface area contributed by atoms with Crippen LogP contribution in [0.4, 0.5) is 11.5 Å². The summed E-state index contributed by atoms with van der Waals surface area (Å²) in [5.41, 5.74) is 6.36. The summed E-state index contributed by atoms with van der Waals surface area (Å²) in [6, 6.07) is 3.63. The molecule has 4 N–H and O–H groups in total. The summed E-state index contributed by atoms with van der Waals surface area (Å²) in [5.74, 6) is 1.52. The van der Waals surface area contributed by atoms with Gasteiger partial charge in [-0.25, -0.2) is 0 Å². The smallest absolute Gasteiger partial charge is 0.239 e. The molecule has 0 aliphatic heterocycles. The van der Waals surface area contributed by atoms with Crippen molar-refractivity contribution in [3.05, 3.63) is 12.1 Å². The van der Waals surface area contributed by atoms with Crippen molar-refractivity contribution in [2.45, 2.75) is 45.3 Å². The van der Waals surface area contributed by atoms with Crippen molar-refractivity contribution in [2.75, 3.05) is 17.6 Å². The van der Waals surface area contributed by atoms with E-state index < -0.39 is 0 Å². The molecular formula is C14H23N3O2. The highest BCUT2D eigenvalue weighted by atomic mass is 16.5. The Morgan fingerprint density at radius 3 is 2.89 bits per heavy atom. The SMILES string of the molecule is CC(C)Oc1nc(NCC2CCCC2O)ccc1N. The molecule has 1 aromatic rings. The number of aliphatic hydroxyl groups is 1. The predicted octanol–water partition coefficient (Wildman–Crippen LogP) is 2.02. The lowest BCUT2D eigenvalue weighted by molar-refractivity contribution is 0.138. The van der Waals surface area contributed by atoms with E-state index in [1.807, 2.05) is 19.9 Å². The van der Waals surface area contributed by atoms with Gasteiger partial charge in [-0.05, 0) is 38.8 Å². The quantitative estimate of drug-likeness (QED) is 0.759. The molecule has 0 bridgehead atoms. The first-order valence-electron chi connectivity index (χ1n) is 6.91. The third kappa shape index (κ3) is 3.73. The van der Waals surface area contributed by atoms with Crippen LogP contribution < -0.4 is 15.8 Å². The standard InChI is InChI=1S/C14H23N3O2/c1-9(2)19-14-11(15)6-7-13(17-14)16-8-10-4-3-5-12(10)18/h6-7,9-10,12,18H,3-5,8,15H2,1-2H3,(H,16,17). The Balaban J connectivity index is 1.96. The number of hydrogen-bond acceptors (Lipinski definition) is 5. The number of anilines is 2. The van der Waals surface area contributed by atoms with Crippen molar-refractivity contribution in [2.24, 2.45) is 5.92 Å². The molecule has 1 aliphatic rings. The van der Waals surface area contributed by atoms with Crippen LogP contribution in [0.3, 0.4) is 0 Å². The molecule has 0 amide bonds. The molecular weight excluding hydrogens is 242 g/mol. The van der Waals surface area contributed by atoms with E-state index in [2.05, 4.69) is 10.3 Å². The molecule has 0 spiro atoms. The van der Waals surface area contributed by atoms with Gasteiger partial charge in [-0.15, -0.1) is 0 Å². The van der Waals surface area contributed by atoms with Crippen molar-refractivity contribution in [1.29, 1.82) is 0 Å². The average Bonchev–Trinajstić information content (AvgIpc) is 2.75. The number of nitrogens with two attached hydrogens (primary N) is 1. The Morgan fingerprint density at radius 1 is 1.47 bits per heavy atom. The molecule has 1 heterocycles. The number of aromatic nitrogens is 1. The van der Waals surface area contributed by atoms with Gasteiger partial charge >= 0.3 is 0 Å².